The molecule has 0 spiro atoms. The predicted octanol–water partition coefficient (Wildman–Crippen LogP) is 6.20. The van der Waals surface area contributed by atoms with E-state index in [0.29, 0.717) is 38.1 Å². The summed E-state index contributed by atoms with van der Waals surface area (Å²) < 4.78 is 6.06. The van der Waals surface area contributed by atoms with E-state index in [4.69, 9.17) is 27.6 Å². The van der Waals surface area contributed by atoms with E-state index in [1.807, 2.05) is 30.3 Å². The topological polar surface area (TPSA) is 50.5 Å². The SMILES string of the molecule is O=C1c2ccccc2C(=O)N1Cc1cc2ccc(Cl)c(-c3ccccc3Cl)c2o1. The summed E-state index contributed by atoms with van der Waals surface area (Å²) in [6.45, 7) is 0.0423. The van der Waals surface area contributed by atoms with E-state index in [1.54, 1.807) is 36.4 Å². The van der Waals surface area contributed by atoms with Gasteiger partial charge in [0.15, 0.2) is 0 Å². The Bertz CT molecular complexity index is 1270. The molecule has 0 saturated carbocycles. The Morgan fingerprint density at radius 1 is 0.759 bits per heavy atom. The molecule has 0 atom stereocenters. The fourth-order valence-corrected chi connectivity index (χ4v) is 4.14. The highest BCUT2D eigenvalue weighted by Crippen LogP contribution is 2.40. The maximum absolute atomic E-state index is 12.6. The summed E-state index contributed by atoms with van der Waals surface area (Å²) in [6.07, 6.45) is 0. The molecule has 4 aromatic rings. The number of carbonyl (C=O) groups is 2. The van der Waals surface area contributed by atoms with Crippen LogP contribution in [0.15, 0.2) is 71.1 Å². The first-order valence-corrected chi connectivity index (χ1v) is 9.71. The van der Waals surface area contributed by atoms with Crippen molar-refractivity contribution in [3.8, 4) is 11.1 Å². The Balaban J connectivity index is 1.57. The minimum Gasteiger partial charge on any atom is -0.458 e. The van der Waals surface area contributed by atoms with Crippen molar-refractivity contribution < 1.29 is 14.0 Å². The van der Waals surface area contributed by atoms with Crippen LogP contribution in [0, 0.1) is 0 Å². The van der Waals surface area contributed by atoms with Gasteiger partial charge in [-0.05, 0) is 36.4 Å². The van der Waals surface area contributed by atoms with Crippen LogP contribution in [0.3, 0.4) is 0 Å². The molecule has 29 heavy (non-hydrogen) atoms. The molecule has 0 fully saturated rings. The van der Waals surface area contributed by atoms with Gasteiger partial charge in [-0.2, -0.15) is 0 Å². The number of rotatable bonds is 3. The van der Waals surface area contributed by atoms with Crippen LogP contribution in [-0.2, 0) is 6.54 Å². The number of benzene rings is 3. The number of hydrogen-bond donors (Lipinski definition) is 0. The average Bonchev–Trinajstić information content (AvgIpc) is 3.24. The summed E-state index contributed by atoms with van der Waals surface area (Å²) in [5.74, 6) is -0.157. The molecule has 0 unspecified atom stereocenters. The zero-order chi connectivity index (χ0) is 20.1. The van der Waals surface area contributed by atoms with Gasteiger partial charge in [-0.1, -0.05) is 53.5 Å². The summed E-state index contributed by atoms with van der Waals surface area (Å²) in [4.78, 5) is 26.5. The lowest BCUT2D eigenvalue weighted by Gasteiger charge is -2.11. The summed E-state index contributed by atoms with van der Waals surface area (Å²) >= 11 is 12.8. The Kier molecular flexibility index (Phi) is 4.19. The van der Waals surface area contributed by atoms with Crippen LogP contribution in [0.2, 0.25) is 10.0 Å². The molecule has 0 bridgehead atoms. The van der Waals surface area contributed by atoms with Crippen LogP contribution in [0.1, 0.15) is 26.5 Å². The van der Waals surface area contributed by atoms with Gasteiger partial charge in [-0.3, -0.25) is 14.5 Å². The third kappa shape index (κ3) is 2.84. The van der Waals surface area contributed by atoms with Crippen LogP contribution < -0.4 is 0 Å². The molecule has 2 heterocycles. The number of halogens is 2. The first kappa shape index (κ1) is 18.0. The maximum atomic E-state index is 12.6. The summed E-state index contributed by atoms with van der Waals surface area (Å²) in [5.41, 5.74) is 2.83. The molecule has 0 saturated heterocycles. The van der Waals surface area contributed by atoms with Gasteiger partial charge in [0, 0.05) is 21.5 Å². The quantitative estimate of drug-likeness (QED) is 0.369. The van der Waals surface area contributed by atoms with Gasteiger partial charge in [-0.15, -0.1) is 0 Å². The van der Waals surface area contributed by atoms with Crippen molar-refractivity contribution in [2.45, 2.75) is 6.54 Å². The minimum atomic E-state index is -0.324. The van der Waals surface area contributed by atoms with Crippen molar-refractivity contribution in [2.24, 2.45) is 0 Å². The fraction of sp³-hybridized carbons (Fsp3) is 0.0435. The van der Waals surface area contributed by atoms with Crippen molar-refractivity contribution in [1.29, 1.82) is 0 Å². The van der Waals surface area contributed by atoms with Gasteiger partial charge < -0.3 is 4.42 Å². The third-order valence-electron chi connectivity index (χ3n) is 5.02. The largest absolute Gasteiger partial charge is 0.458 e. The fourth-order valence-electron chi connectivity index (χ4n) is 3.66. The van der Waals surface area contributed by atoms with Gasteiger partial charge in [0.05, 0.1) is 22.7 Å². The van der Waals surface area contributed by atoms with Gasteiger partial charge in [0.1, 0.15) is 11.3 Å². The lowest BCUT2D eigenvalue weighted by atomic mass is 10.0. The molecule has 142 valence electrons. The van der Waals surface area contributed by atoms with E-state index < -0.39 is 0 Å². The Hall–Kier alpha value is -3.08. The molecule has 1 aromatic heterocycles. The van der Waals surface area contributed by atoms with E-state index in [-0.39, 0.29) is 18.4 Å². The van der Waals surface area contributed by atoms with Crippen LogP contribution in [0.5, 0.6) is 0 Å². The zero-order valence-electron chi connectivity index (χ0n) is 15.0. The van der Waals surface area contributed by atoms with E-state index in [1.165, 1.54) is 4.90 Å². The molecule has 6 heteroatoms. The summed E-state index contributed by atoms with van der Waals surface area (Å²) in [6, 6.07) is 19.6. The minimum absolute atomic E-state index is 0.0423. The second-order valence-corrected chi connectivity index (χ2v) is 7.59. The van der Waals surface area contributed by atoms with Gasteiger partial charge in [0.2, 0.25) is 0 Å². The second-order valence-electron chi connectivity index (χ2n) is 6.78. The molecule has 3 aromatic carbocycles. The molecule has 1 aliphatic rings. The van der Waals surface area contributed by atoms with Crippen molar-refractivity contribution in [3.63, 3.8) is 0 Å². The number of nitrogens with zero attached hydrogens (tertiary/aromatic N) is 1. The monoisotopic (exact) mass is 421 g/mol. The van der Waals surface area contributed by atoms with E-state index in [2.05, 4.69) is 0 Å². The third-order valence-corrected chi connectivity index (χ3v) is 5.67. The maximum Gasteiger partial charge on any atom is 0.261 e. The number of furan rings is 1. The lowest BCUT2D eigenvalue weighted by molar-refractivity contribution is 0.0632. The highest BCUT2D eigenvalue weighted by atomic mass is 35.5. The normalized spacial score (nSPS) is 13.4. The predicted molar refractivity (Wildman–Crippen MR) is 112 cm³/mol. The average molecular weight is 422 g/mol. The van der Waals surface area contributed by atoms with E-state index in [9.17, 15) is 9.59 Å². The Morgan fingerprint density at radius 2 is 1.38 bits per heavy atom. The molecule has 1 aliphatic heterocycles. The molecule has 0 N–H and O–H groups in total. The summed E-state index contributed by atoms with van der Waals surface area (Å²) in [5, 5.41) is 1.88. The smallest absolute Gasteiger partial charge is 0.261 e. The van der Waals surface area contributed by atoms with Crippen LogP contribution >= 0.6 is 23.2 Å². The Morgan fingerprint density at radius 3 is 2.03 bits per heavy atom. The summed E-state index contributed by atoms with van der Waals surface area (Å²) in [7, 11) is 0. The van der Waals surface area contributed by atoms with Crippen LogP contribution in [0.25, 0.3) is 22.1 Å². The van der Waals surface area contributed by atoms with Crippen molar-refractivity contribution in [1.82, 2.24) is 4.90 Å². The van der Waals surface area contributed by atoms with E-state index >= 15 is 0 Å². The van der Waals surface area contributed by atoms with Crippen LogP contribution in [0.4, 0.5) is 0 Å². The molecule has 4 nitrogen and oxygen atoms in total. The molecule has 0 aliphatic carbocycles. The molecule has 5 rings (SSSR count). The molecular formula is C23H13Cl2NO3. The van der Waals surface area contributed by atoms with Gasteiger partial charge in [0.25, 0.3) is 11.8 Å². The number of imide groups is 1. The number of hydrogen-bond acceptors (Lipinski definition) is 3. The van der Waals surface area contributed by atoms with Gasteiger partial charge in [-0.25, -0.2) is 0 Å². The Labute approximate surface area is 176 Å². The number of carbonyl (C=O) groups excluding carboxylic acids is 2. The molecular weight excluding hydrogens is 409 g/mol. The molecule has 2 amide bonds. The van der Waals surface area contributed by atoms with Crippen molar-refractivity contribution >= 4 is 46.0 Å². The van der Waals surface area contributed by atoms with Crippen molar-refractivity contribution in [2.75, 3.05) is 0 Å². The molecule has 0 radical (unpaired) electrons. The highest BCUT2D eigenvalue weighted by molar-refractivity contribution is 6.37. The van der Waals surface area contributed by atoms with Gasteiger partial charge >= 0.3 is 0 Å². The van der Waals surface area contributed by atoms with E-state index in [0.717, 1.165) is 10.9 Å². The highest BCUT2D eigenvalue weighted by Gasteiger charge is 2.35. The van der Waals surface area contributed by atoms with Crippen molar-refractivity contribution in [3.05, 3.63) is 93.7 Å². The number of fused-ring (bicyclic) bond motifs is 2. The second kappa shape index (κ2) is 6.76. The first-order valence-electron chi connectivity index (χ1n) is 8.95. The standard InChI is InChI=1S/C23H13Cl2NO3/c24-18-8-4-3-7-17(18)20-19(25)10-9-13-11-14(29-21(13)20)12-26-22(27)15-5-1-2-6-16(15)23(26)28/h1-11H,12H2. The first-order chi connectivity index (χ1) is 14.0. The lowest BCUT2D eigenvalue weighted by Crippen LogP contribution is -2.28. The number of amides is 2. The zero-order valence-corrected chi connectivity index (χ0v) is 16.5. The van der Waals surface area contributed by atoms with Crippen LogP contribution in [-0.4, -0.2) is 16.7 Å².